The molecule has 130 valence electrons. The third-order valence-electron chi connectivity index (χ3n) is 4.37. The van der Waals surface area contributed by atoms with Gasteiger partial charge < -0.3 is 15.0 Å². The van der Waals surface area contributed by atoms with Gasteiger partial charge in [0.25, 0.3) is 5.91 Å². The van der Waals surface area contributed by atoms with Gasteiger partial charge in [0.1, 0.15) is 11.8 Å². The first-order valence-electron chi connectivity index (χ1n) is 8.48. The summed E-state index contributed by atoms with van der Waals surface area (Å²) >= 11 is 0. The summed E-state index contributed by atoms with van der Waals surface area (Å²) in [4.78, 5) is 27.1. The molecule has 2 aromatic carbocycles. The van der Waals surface area contributed by atoms with Gasteiger partial charge in [-0.15, -0.1) is 0 Å². The molecule has 5 heteroatoms. The van der Waals surface area contributed by atoms with Crippen LogP contribution in [-0.4, -0.2) is 30.4 Å². The van der Waals surface area contributed by atoms with Crippen LogP contribution in [0.15, 0.2) is 54.6 Å². The number of benzene rings is 2. The first kappa shape index (κ1) is 17.0. The Morgan fingerprint density at radius 3 is 2.64 bits per heavy atom. The molecule has 3 rings (SSSR count). The van der Waals surface area contributed by atoms with Crippen molar-refractivity contribution < 1.29 is 14.3 Å². The fraction of sp³-hybridized carbons (Fsp3) is 0.300. The number of methoxy groups -OCH3 is 1. The SMILES string of the molecule is COc1cccc(NC(=O)[C@H](c2ccccc2)N2CCCCC2=O)c1. The summed E-state index contributed by atoms with van der Waals surface area (Å²) in [6, 6.07) is 16.0. The van der Waals surface area contributed by atoms with Crippen LogP contribution in [-0.2, 0) is 9.59 Å². The van der Waals surface area contributed by atoms with Crippen molar-refractivity contribution in [3.8, 4) is 5.75 Å². The number of likely N-dealkylation sites (tertiary alicyclic amines) is 1. The molecule has 0 radical (unpaired) electrons. The van der Waals surface area contributed by atoms with Crippen LogP contribution >= 0.6 is 0 Å². The van der Waals surface area contributed by atoms with Gasteiger partial charge in [0.05, 0.1) is 7.11 Å². The van der Waals surface area contributed by atoms with Crippen molar-refractivity contribution in [3.63, 3.8) is 0 Å². The molecular weight excluding hydrogens is 316 g/mol. The Morgan fingerprint density at radius 1 is 1.12 bits per heavy atom. The van der Waals surface area contributed by atoms with Gasteiger partial charge in [-0.2, -0.15) is 0 Å². The number of piperidine rings is 1. The van der Waals surface area contributed by atoms with Crippen LogP contribution in [0.5, 0.6) is 5.75 Å². The molecule has 0 aromatic heterocycles. The van der Waals surface area contributed by atoms with Crippen molar-refractivity contribution in [1.29, 1.82) is 0 Å². The summed E-state index contributed by atoms with van der Waals surface area (Å²) in [5, 5.41) is 2.92. The van der Waals surface area contributed by atoms with Crippen LogP contribution < -0.4 is 10.1 Å². The molecule has 0 saturated carbocycles. The average molecular weight is 338 g/mol. The maximum Gasteiger partial charge on any atom is 0.251 e. The molecule has 2 amide bonds. The third kappa shape index (κ3) is 3.99. The van der Waals surface area contributed by atoms with Crippen molar-refractivity contribution >= 4 is 17.5 Å². The van der Waals surface area contributed by atoms with Crippen LogP contribution in [0.3, 0.4) is 0 Å². The second kappa shape index (κ2) is 7.83. The van der Waals surface area contributed by atoms with Crippen molar-refractivity contribution in [2.24, 2.45) is 0 Å². The number of nitrogens with one attached hydrogen (secondary N) is 1. The standard InChI is InChI=1S/C20H22N2O3/c1-25-17-11-7-10-16(14-17)21-20(24)19(15-8-3-2-4-9-15)22-13-6-5-12-18(22)23/h2-4,7-11,14,19H,5-6,12-13H2,1H3,(H,21,24)/t19-/m0/s1. The molecule has 1 saturated heterocycles. The average Bonchev–Trinajstić information content (AvgIpc) is 2.64. The van der Waals surface area contributed by atoms with Crippen molar-refractivity contribution in [3.05, 3.63) is 60.2 Å². The van der Waals surface area contributed by atoms with Crippen LogP contribution in [0.1, 0.15) is 30.9 Å². The zero-order chi connectivity index (χ0) is 17.6. The van der Waals surface area contributed by atoms with E-state index in [9.17, 15) is 9.59 Å². The van der Waals surface area contributed by atoms with Crippen LogP contribution in [0, 0.1) is 0 Å². The Labute approximate surface area is 147 Å². The highest BCUT2D eigenvalue weighted by molar-refractivity contribution is 5.98. The lowest BCUT2D eigenvalue weighted by molar-refractivity contribution is -0.141. The largest absolute Gasteiger partial charge is 0.497 e. The minimum Gasteiger partial charge on any atom is -0.497 e. The van der Waals surface area contributed by atoms with E-state index in [2.05, 4.69) is 5.32 Å². The number of nitrogens with zero attached hydrogens (tertiary/aromatic N) is 1. The van der Waals surface area contributed by atoms with Gasteiger partial charge in [0.15, 0.2) is 0 Å². The lowest BCUT2D eigenvalue weighted by Gasteiger charge is -2.34. The predicted molar refractivity (Wildman–Crippen MR) is 96.4 cm³/mol. The van der Waals surface area contributed by atoms with Gasteiger partial charge in [-0.25, -0.2) is 0 Å². The monoisotopic (exact) mass is 338 g/mol. The molecule has 1 aliphatic rings. The molecule has 1 atom stereocenters. The maximum absolute atomic E-state index is 13.0. The summed E-state index contributed by atoms with van der Waals surface area (Å²) in [6.45, 7) is 0.601. The summed E-state index contributed by atoms with van der Waals surface area (Å²) in [6.07, 6.45) is 2.30. The zero-order valence-electron chi connectivity index (χ0n) is 14.3. The highest BCUT2D eigenvalue weighted by Gasteiger charge is 2.32. The lowest BCUT2D eigenvalue weighted by atomic mass is 10.0. The molecule has 5 nitrogen and oxygen atoms in total. The lowest BCUT2D eigenvalue weighted by Crippen LogP contribution is -2.43. The maximum atomic E-state index is 13.0. The van der Waals surface area contributed by atoms with Gasteiger partial charge in [-0.1, -0.05) is 36.4 Å². The molecular formula is C20H22N2O3. The van der Waals surface area contributed by atoms with Gasteiger partial charge in [-0.3, -0.25) is 9.59 Å². The fourth-order valence-electron chi connectivity index (χ4n) is 3.12. The van der Waals surface area contributed by atoms with E-state index in [0.717, 1.165) is 18.4 Å². The van der Waals surface area contributed by atoms with Crippen molar-refractivity contribution in [2.75, 3.05) is 19.0 Å². The zero-order valence-corrected chi connectivity index (χ0v) is 14.3. The van der Waals surface area contributed by atoms with E-state index in [0.29, 0.717) is 24.4 Å². The molecule has 0 spiro atoms. The summed E-state index contributed by atoms with van der Waals surface area (Å²) in [5.74, 6) is 0.485. The van der Waals surface area contributed by atoms with E-state index in [-0.39, 0.29) is 11.8 Å². The summed E-state index contributed by atoms with van der Waals surface area (Å²) < 4.78 is 5.20. The summed E-state index contributed by atoms with van der Waals surface area (Å²) in [5.41, 5.74) is 1.47. The number of carbonyl (C=O) groups is 2. The van der Waals surface area contributed by atoms with Crippen LogP contribution in [0.2, 0.25) is 0 Å². The molecule has 0 aliphatic carbocycles. The van der Waals surface area contributed by atoms with Gasteiger partial charge in [0.2, 0.25) is 5.91 Å². The Balaban J connectivity index is 1.88. The van der Waals surface area contributed by atoms with Gasteiger partial charge >= 0.3 is 0 Å². The predicted octanol–water partition coefficient (Wildman–Crippen LogP) is 3.39. The van der Waals surface area contributed by atoms with E-state index in [4.69, 9.17) is 4.74 Å². The Hall–Kier alpha value is -2.82. The number of hydrogen-bond donors (Lipinski definition) is 1. The summed E-state index contributed by atoms with van der Waals surface area (Å²) in [7, 11) is 1.58. The van der Waals surface area contributed by atoms with Crippen molar-refractivity contribution in [1.82, 2.24) is 4.90 Å². The van der Waals surface area contributed by atoms with E-state index in [1.807, 2.05) is 42.5 Å². The van der Waals surface area contributed by atoms with E-state index in [1.54, 1.807) is 24.1 Å². The second-order valence-corrected chi connectivity index (χ2v) is 6.08. The third-order valence-corrected chi connectivity index (χ3v) is 4.37. The first-order chi connectivity index (χ1) is 12.2. The van der Waals surface area contributed by atoms with Gasteiger partial charge in [0, 0.05) is 24.7 Å². The highest BCUT2D eigenvalue weighted by Crippen LogP contribution is 2.27. The van der Waals surface area contributed by atoms with Crippen molar-refractivity contribution in [2.45, 2.75) is 25.3 Å². The number of rotatable bonds is 5. The highest BCUT2D eigenvalue weighted by atomic mass is 16.5. The normalized spacial score (nSPS) is 15.6. The minimum absolute atomic E-state index is 0.0286. The molecule has 1 N–H and O–H groups in total. The minimum atomic E-state index is -0.625. The van der Waals surface area contributed by atoms with E-state index < -0.39 is 6.04 Å². The number of anilines is 1. The Kier molecular flexibility index (Phi) is 5.33. The topological polar surface area (TPSA) is 58.6 Å². The second-order valence-electron chi connectivity index (χ2n) is 6.08. The molecule has 0 unspecified atom stereocenters. The number of amides is 2. The first-order valence-corrected chi connectivity index (χ1v) is 8.48. The van der Waals surface area contributed by atoms with E-state index >= 15 is 0 Å². The van der Waals surface area contributed by atoms with Crippen LogP contribution in [0.25, 0.3) is 0 Å². The molecule has 25 heavy (non-hydrogen) atoms. The smallest absolute Gasteiger partial charge is 0.251 e. The molecule has 1 heterocycles. The number of ether oxygens (including phenoxy) is 1. The van der Waals surface area contributed by atoms with Crippen LogP contribution in [0.4, 0.5) is 5.69 Å². The Morgan fingerprint density at radius 2 is 1.92 bits per heavy atom. The quantitative estimate of drug-likeness (QED) is 0.909. The van der Waals surface area contributed by atoms with Gasteiger partial charge in [-0.05, 0) is 30.5 Å². The number of carbonyl (C=O) groups excluding carboxylic acids is 2. The fourth-order valence-corrected chi connectivity index (χ4v) is 3.12. The molecule has 1 fully saturated rings. The number of hydrogen-bond acceptors (Lipinski definition) is 3. The Bertz CT molecular complexity index is 746. The molecule has 1 aliphatic heterocycles. The van der Waals surface area contributed by atoms with E-state index in [1.165, 1.54) is 0 Å². The molecule has 0 bridgehead atoms. The molecule has 2 aromatic rings.